The molecule has 80 valence electrons. The number of aromatic nitrogens is 4. The average Bonchev–Trinajstić information content (AvgIpc) is 2.83. The predicted molar refractivity (Wildman–Crippen MR) is 58.4 cm³/mol. The molecule has 0 amide bonds. The summed E-state index contributed by atoms with van der Waals surface area (Å²) in [6.07, 6.45) is 5.73. The maximum Gasteiger partial charge on any atom is 0.0815 e. The van der Waals surface area contributed by atoms with Gasteiger partial charge in [-0.05, 0) is 13.0 Å². The number of rotatable bonds is 4. The molecule has 15 heavy (non-hydrogen) atoms. The summed E-state index contributed by atoms with van der Waals surface area (Å²) < 4.78 is 3.69. The van der Waals surface area contributed by atoms with Crippen molar-refractivity contribution in [1.29, 1.82) is 0 Å². The van der Waals surface area contributed by atoms with Crippen LogP contribution < -0.4 is 5.32 Å². The summed E-state index contributed by atoms with van der Waals surface area (Å²) in [6.45, 7) is 3.72. The van der Waals surface area contributed by atoms with Crippen molar-refractivity contribution < 1.29 is 0 Å². The third-order valence-electron chi connectivity index (χ3n) is 2.20. The second-order valence-corrected chi connectivity index (χ2v) is 3.42. The van der Waals surface area contributed by atoms with Crippen LogP contribution in [0.2, 0.25) is 0 Å². The van der Waals surface area contributed by atoms with E-state index in [1.807, 2.05) is 30.2 Å². The number of anilines is 1. The second-order valence-electron chi connectivity index (χ2n) is 3.42. The van der Waals surface area contributed by atoms with Crippen LogP contribution in [0.15, 0.2) is 24.7 Å². The van der Waals surface area contributed by atoms with Crippen molar-refractivity contribution in [2.75, 3.05) is 5.32 Å². The van der Waals surface area contributed by atoms with Gasteiger partial charge in [0.25, 0.3) is 0 Å². The van der Waals surface area contributed by atoms with Crippen molar-refractivity contribution in [1.82, 2.24) is 19.6 Å². The van der Waals surface area contributed by atoms with E-state index >= 15 is 0 Å². The van der Waals surface area contributed by atoms with Crippen LogP contribution in [0.5, 0.6) is 0 Å². The minimum atomic E-state index is 0.735. The van der Waals surface area contributed by atoms with Gasteiger partial charge in [0.1, 0.15) is 0 Å². The van der Waals surface area contributed by atoms with Crippen LogP contribution in [0.3, 0.4) is 0 Å². The van der Waals surface area contributed by atoms with Gasteiger partial charge in [-0.2, -0.15) is 10.2 Å². The third kappa shape index (κ3) is 2.37. The summed E-state index contributed by atoms with van der Waals surface area (Å²) in [4.78, 5) is 0. The quantitative estimate of drug-likeness (QED) is 0.817. The molecule has 0 fully saturated rings. The first-order valence-corrected chi connectivity index (χ1v) is 5.03. The average molecular weight is 205 g/mol. The summed E-state index contributed by atoms with van der Waals surface area (Å²) >= 11 is 0. The van der Waals surface area contributed by atoms with Crippen molar-refractivity contribution in [3.63, 3.8) is 0 Å². The molecule has 5 nitrogen and oxygen atoms in total. The highest BCUT2D eigenvalue weighted by Gasteiger charge is 1.99. The minimum Gasteiger partial charge on any atom is -0.377 e. The van der Waals surface area contributed by atoms with Crippen LogP contribution in [-0.2, 0) is 20.1 Å². The first-order chi connectivity index (χ1) is 7.28. The molecule has 0 aliphatic rings. The first kappa shape index (κ1) is 9.76. The molecule has 5 heteroatoms. The molecule has 2 aromatic heterocycles. The molecule has 0 aliphatic carbocycles. The van der Waals surface area contributed by atoms with E-state index in [9.17, 15) is 0 Å². The SMILES string of the molecule is CCn1ccc(CNc2cnn(C)c2)n1. The van der Waals surface area contributed by atoms with Gasteiger partial charge in [-0.15, -0.1) is 0 Å². The van der Waals surface area contributed by atoms with Crippen LogP contribution in [0.4, 0.5) is 5.69 Å². The fourth-order valence-electron chi connectivity index (χ4n) is 1.38. The molecule has 0 saturated heterocycles. The topological polar surface area (TPSA) is 47.7 Å². The Kier molecular flexibility index (Phi) is 2.71. The molecule has 0 aliphatic heterocycles. The summed E-state index contributed by atoms with van der Waals surface area (Å²) in [7, 11) is 1.90. The lowest BCUT2D eigenvalue weighted by atomic mass is 10.4. The maximum absolute atomic E-state index is 4.38. The van der Waals surface area contributed by atoms with Gasteiger partial charge in [-0.1, -0.05) is 0 Å². The Morgan fingerprint density at radius 1 is 1.47 bits per heavy atom. The Bertz CT molecular complexity index is 428. The van der Waals surface area contributed by atoms with E-state index in [1.165, 1.54) is 0 Å². The Balaban J connectivity index is 1.93. The van der Waals surface area contributed by atoms with E-state index in [2.05, 4.69) is 22.4 Å². The van der Waals surface area contributed by atoms with Gasteiger partial charge in [0.15, 0.2) is 0 Å². The van der Waals surface area contributed by atoms with Crippen molar-refractivity contribution in [2.24, 2.45) is 7.05 Å². The molecule has 2 rings (SSSR count). The minimum absolute atomic E-state index is 0.735. The Hall–Kier alpha value is -1.78. The standard InChI is InChI=1S/C10H15N5/c1-3-15-5-4-9(13-15)6-11-10-7-12-14(2)8-10/h4-5,7-8,11H,3,6H2,1-2H3. The van der Waals surface area contributed by atoms with Crippen LogP contribution >= 0.6 is 0 Å². The normalized spacial score (nSPS) is 10.5. The lowest BCUT2D eigenvalue weighted by Gasteiger charge is -1.99. The van der Waals surface area contributed by atoms with Gasteiger partial charge in [0.2, 0.25) is 0 Å². The van der Waals surface area contributed by atoms with Gasteiger partial charge < -0.3 is 5.32 Å². The van der Waals surface area contributed by atoms with Crippen LogP contribution in [0.25, 0.3) is 0 Å². The van der Waals surface area contributed by atoms with Crippen LogP contribution in [0.1, 0.15) is 12.6 Å². The molecule has 0 radical (unpaired) electrons. The molecule has 0 saturated carbocycles. The van der Waals surface area contributed by atoms with Crippen LogP contribution in [-0.4, -0.2) is 19.6 Å². The van der Waals surface area contributed by atoms with Gasteiger partial charge in [-0.3, -0.25) is 9.36 Å². The smallest absolute Gasteiger partial charge is 0.0815 e. The highest BCUT2D eigenvalue weighted by Crippen LogP contribution is 2.05. The van der Waals surface area contributed by atoms with Crippen molar-refractivity contribution in [3.8, 4) is 0 Å². The highest BCUT2D eigenvalue weighted by atomic mass is 15.3. The molecule has 0 bridgehead atoms. The molecule has 0 spiro atoms. The van der Waals surface area contributed by atoms with Gasteiger partial charge in [0, 0.05) is 26.0 Å². The zero-order valence-electron chi connectivity index (χ0n) is 9.01. The van der Waals surface area contributed by atoms with E-state index in [1.54, 1.807) is 10.9 Å². The number of nitrogens with zero attached hydrogens (tertiary/aromatic N) is 4. The number of hydrogen-bond acceptors (Lipinski definition) is 3. The number of nitrogens with one attached hydrogen (secondary N) is 1. The molecule has 2 aromatic rings. The molecular weight excluding hydrogens is 190 g/mol. The van der Waals surface area contributed by atoms with E-state index in [0.29, 0.717) is 0 Å². The Morgan fingerprint density at radius 3 is 2.93 bits per heavy atom. The van der Waals surface area contributed by atoms with Crippen molar-refractivity contribution >= 4 is 5.69 Å². The van der Waals surface area contributed by atoms with Crippen molar-refractivity contribution in [3.05, 3.63) is 30.4 Å². The molecule has 0 aromatic carbocycles. The third-order valence-corrected chi connectivity index (χ3v) is 2.20. The second kappa shape index (κ2) is 4.16. The number of hydrogen-bond donors (Lipinski definition) is 1. The number of aryl methyl sites for hydroxylation is 2. The van der Waals surface area contributed by atoms with Gasteiger partial charge >= 0.3 is 0 Å². The van der Waals surface area contributed by atoms with E-state index < -0.39 is 0 Å². The summed E-state index contributed by atoms with van der Waals surface area (Å²) in [5.74, 6) is 0. The summed E-state index contributed by atoms with van der Waals surface area (Å²) in [5.41, 5.74) is 2.06. The lowest BCUT2D eigenvalue weighted by molar-refractivity contribution is 0.649. The summed E-state index contributed by atoms with van der Waals surface area (Å²) in [5, 5.41) is 11.7. The van der Waals surface area contributed by atoms with E-state index in [4.69, 9.17) is 0 Å². The van der Waals surface area contributed by atoms with Gasteiger partial charge in [0.05, 0.1) is 24.1 Å². The zero-order chi connectivity index (χ0) is 10.7. The van der Waals surface area contributed by atoms with E-state index in [0.717, 1.165) is 24.5 Å². The molecule has 2 heterocycles. The molecule has 0 atom stereocenters. The zero-order valence-corrected chi connectivity index (χ0v) is 9.01. The lowest BCUT2D eigenvalue weighted by Crippen LogP contribution is -2.01. The molecule has 1 N–H and O–H groups in total. The largest absolute Gasteiger partial charge is 0.377 e. The predicted octanol–water partition coefficient (Wildman–Crippen LogP) is 1.25. The highest BCUT2D eigenvalue weighted by molar-refractivity contribution is 5.38. The van der Waals surface area contributed by atoms with Crippen molar-refractivity contribution in [2.45, 2.75) is 20.0 Å². The summed E-state index contributed by atoms with van der Waals surface area (Å²) in [6, 6.07) is 2.02. The molecule has 0 unspecified atom stereocenters. The van der Waals surface area contributed by atoms with Gasteiger partial charge in [-0.25, -0.2) is 0 Å². The van der Waals surface area contributed by atoms with Crippen LogP contribution in [0, 0.1) is 0 Å². The monoisotopic (exact) mass is 205 g/mol. The van der Waals surface area contributed by atoms with E-state index in [-0.39, 0.29) is 0 Å². The Labute approximate surface area is 88.7 Å². The fourth-order valence-corrected chi connectivity index (χ4v) is 1.38. The Morgan fingerprint density at radius 2 is 2.33 bits per heavy atom. The maximum atomic E-state index is 4.38. The fraction of sp³-hybridized carbons (Fsp3) is 0.400. The molecular formula is C10H15N5. The first-order valence-electron chi connectivity index (χ1n) is 5.03.